The molecule has 3 heteroatoms. The van der Waals surface area contributed by atoms with Gasteiger partial charge in [-0.15, -0.1) is 11.3 Å². The lowest BCUT2D eigenvalue weighted by Gasteiger charge is -2.00. The van der Waals surface area contributed by atoms with Gasteiger partial charge in [-0.05, 0) is 18.2 Å². The molecule has 2 rings (SSSR count). The third-order valence-electron chi connectivity index (χ3n) is 1.97. The highest BCUT2D eigenvalue weighted by atomic mass is 32.1. The summed E-state index contributed by atoms with van der Waals surface area (Å²) in [6.07, 6.45) is 0.854. The van der Waals surface area contributed by atoms with Crippen molar-refractivity contribution in [1.29, 1.82) is 0 Å². The summed E-state index contributed by atoms with van der Waals surface area (Å²) in [4.78, 5) is 12.3. The zero-order valence-electron chi connectivity index (χ0n) is 7.44. The van der Waals surface area contributed by atoms with Gasteiger partial charge in [-0.25, -0.2) is 0 Å². The van der Waals surface area contributed by atoms with E-state index in [0.29, 0.717) is 0 Å². The number of thiophene rings is 1. The molecule has 70 valence electrons. The second-order valence-electron chi connectivity index (χ2n) is 2.91. The van der Waals surface area contributed by atoms with E-state index in [1.54, 1.807) is 6.07 Å². The fraction of sp³-hybridized carbons (Fsp3) is 0. The summed E-state index contributed by atoms with van der Waals surface area (Å²) in [6, 6.07) is 11.4. The number of hydrogen-bond acceptors (Lipinski definition) is 3. The van der Waals surface area contributed by atoms with Crippen LogP contribution in [0, 0.1) is 0 Å². The Hall–Kier alpha value is -1.61. The van der Waals surface area contributed by atoms with Gasteiger partial charge in [-0.1, -0.05) is 18.2 Å². The first kappa shape index (κ1) is 8.97. The van der Waals surface area contributed by atoms with Crippen LogP contribution >= 0.6 is 11.3 Å². The van der Waals surface area contributed by atoms with Gasteiger partial charge in [0.05, 0.1) is 4.88 Å². The van der Waals surface area contributed by atoms with Gasteiger partial charge in [0.25, 0.3) is 0 Å². The Kier molecular flexibility index (Phi) is 2.33. The molecule has 0 saturated carbocycles. The average Bonchev–Trinajstić information content (AvgIpc) is 2.67. The van der Waals surface area contributed by atoms with Crippen LogP contribution in [-0.2, 0) is 0 Å². The maximum atomic E-state index is 10.5. The summed E-state index contributed by atoms with van der Waals surface area (Å²) in [5, 5.41) is 0. The van der Waals surface area contributed by atoms with Crippen LogP contribution in [0.25, 0.3) is 10.4 Å². The van der Waals surface area contributed by atoms with E-state index in [9.17, 15) is 4.79 Å². The molecular weight excluding hydrogens is 194 g/mol. The van der Waals surface area contributed by atoms with Crippen molar-refractivity contribution in [2.45, 2.75) is 0 Å². The van der Waals surface area contributed by atoms with E-state index in [1.165, 1.54) is 11.3 Å². The number of carbonyl (C=O) groups is 1. The van der Waals surface area contributed by atoms with Crippen molar-refractivity contribution in [3.05, 3.63) is 41.3 Å². The molecule has 0 unspecified atom stereocenters. The Morgan fingerprint density at radius 2 is 1.93 bits per heavy atom. The second-order valence-corrected chi connectivity index (χ2v) is 4.02. The molecule has 0 aliphatic carbocycles. The molecule has 2 nitrogen and oxygen atoms in total. The molecule has 14 heavy (non-hydrogen) atoms. The number of nitrogen functional groups attached to an aromatic ring is 1. The summed E-state index contributed by atoms with van der Waals surface area (Å²) in [7, 11) is 0. The van der Waals surface area contributed by atoms with Crippen LogP contribution in [0.3, 0.4) is 0 Å². The van der Waals surface area contributed by atoms with Crippen LogP contribution in [0.15, 0.2) is 36.4 Å². The first-order chi connectivity index (χ1) is 6.81. The van der Waals surface area contributed by atoms with E-state index in [4.69, 9.17) is 5.73 Å². The fourth-order valence-corrected chi connectivity index (χ4v) is 2.15. The van der Waals surface area contributed by atoms with Gasteiger partial charge in [-0.2, -0.15) is 0 Å². The molecule has 0 aliphatic rings. The van der Waals surface area contributed by atoms with Crippen LogP contribution < -0.4 is 5.73 Å². The van der Waals surface area contributed by atoms with Crippen molar-refractivity contribution in [2.75, 3.05) is 5.73 Å². The van der Waals surface area contributed by atoms with E-state index in [-0.39, 0.29) is 0 Å². The highest BCUT2D eigenvalue weighted by Gasteiger charge is 2.04. The largest absolute Gasteiger partial charge is 0.398 e. The number of rotatable bonds is 2. The number of carbonyl (C=O) groups excluding carboxylic acids is 1. The van der Waals surface area contributed by atoms with Crippen molar-refractivity contribution in [3.63, 3.8) is 0 Å². The fourth-order valence-electron chi connectivity index (χ4n) is 1.28. The number of anilines is 1. The number of hydrogen-bond donors (Lipinski definition) is 1. The van der Waals surface area contributed by atoms with E-state index < -0.39 is 0 Å². The molecule has 2 aromatic rings. The Bertz CT molecular complexity index is 462. The van der Waals surface area contributed by atoms with Gasteiger partial charge in [0.1, 0.15) is 0 Å². The van der Waals surface area contributed by atoms with Crippen LogP contribution in [0.1, 0.15) is 9.67 Å². The SMILES string of the molecule is Nc1ccccc1-c1ccc(C=O)s1. The maximum Gasteiger partial charge on any atom is 0.160 e. The Labute approximate surface area is 86.0 Å². The first-order valence-electron chi connectivity index (χ1n) is 4.21. The van der Waals surface area contributed by atoms with E-state index in [1.807, 2.05) is 30.3 Å². The van der Waals surface area contributed by atoms with Crippen molar-refractivity contribution >= 4 is 23.3 Å². The minimum absolute atomic E-state index is 0.725. The first-order valence-corrected chi connectivity index (χ1v) is 5.03. The van der Waals surface area contributed by atoms with Gasteiger partial charge < -0.3 is 5.73 Å². The molecule has 1 aromatic carbocycles. The standard InChI is InChI=1S/C11H9NOS/c12-10-4-2-1-3-9(10)11-6-5-8(7-13)14-11/h1-7H,12H2. The van der Waals surface area contributed by atoms with Crippen LogP contribution in [0.5, 0.6) is 0 Å². The monoisotopic (exact) mass is 203 g/mol. The van der Waals surface area contributed by atoms with Gasteiger partial charge in [0, 0.05) is 16.1 Å². The zero-order chi connectivity index (χ0) is 9.97. The summed E-state index contributed by atoms with van der Waals surface area (Å²) in [5.41, 5.74) is 7.56. The molecule has 0 aliphatic heterocycles. The van der Waals surface area contributed by atoms with Crippen molar-refractivity contribution < 1.29 is 4.79 Å². The predicted molar refractivity (Wildman–Crippen MR) is 59.6 cm³/mol. The number of aldehydes is 1. The maximum absolute atomic E-state index is 10.5. The molecule has 1 aromatic heterocycles. The van der Waals surface area contributed by atoms with Gasteiger partial charge in [-0.3, -0.25) is 4.79 Å². The Balaban J connectivity index is 2.49. The topological polar surface area (TPSA) is 43.1 Å². The number of para-hydroxylation sites is 1. The minimum atomic E-state index is 0.725. The normalized spacial score (nSPS) is 10.0. The molecule has 0 fully saturated rings. The number of nitrogens with two attached hydrogens (primary N) is 1. The second kappa shape index (κ2) is 3.64. The third kappa shape index (κ3) is 1.54. The number of benzene rings is 1. The molecule has 2 N–H and O–H groups in total. The molecule has 0 amide bonds. The molecule has 0 radical (unpaired) electrons. The molecule has 0 spiro atoms. The van der Waals surface area contributed by atoms with Gasteiger partial charge in [0.15, 0.2) is 6.29 Å². The smallest absolute Gasteiger partial charge is 0.160 e. The van der Waals surface area contributed by atoms with E-state index in [0.717, 1.165) is 27.3 Å². The Morgan fingerprint density at radius 1 is 1.14 bits per heavy atom. The molecule has 0 atom stereocenters. The zero-order valence-corrected chi connectivity index (χ0v) is 8.25. The van der Waals surface area contributed by atoms with Crippen molar-refractivity contribution in [2.24, 2.45) is 0 Å². The lowest BCUT2D eigenvalue weighted by Crippen LogP contribution is -1.86. The van der Waals surface area contributed by atoms with E-state index >= 15 is 0 Å². The molecule has 1 heterocycles. The highest BCUT2D eigenvalue weighted by molar-refractivity contribution is 7.17. The minimum Gasteiger partial charge on any atom is -0.398 e. The quantitative estimate of drug-likeness (QED) is 0.602. The predicted octanol–water partition coefficient (Wildman–Crippen LogP) is 2.81. The molecule has 0 bridgehead atoms. The van der Waals surface area contributed by atoms with Crippen LogP contribution in [-0.4, -0.2) is 6.29 Å². The molecular formula is C11H9NOS. The van der Waals surface area contributed by atoms with Crippen LogP contribution in [0.2, 0.25) is 0 Å². The summed E-state index contributed by atoms with van der Waals surface area (Å²) in [5.74, 6) is 0. The lowest BCUT2D eigenvalue weighted by atomic mass is 10.1. The van der Waals surface area contributed by atoms with Crippen molar-refractivity contribution in [1.82, 2.24) is 0 Å². The van der Waals surface area contributed by atoms with Crippen LogP contribution in [0.4, 0.5) is 5.69 Å². The van der Waals surface area contributed by atoms with Crippen molar-refractivity contribution in [3.8, 4) is 10.4 Å². The summed E-state index contributed by atoms with van der Waals surface area (Å²) in [6.45, 7) is 0. The third-order valence-corrected chi connectivity index (χ3v) is 3.01. The highest BCUT2D eigenvalue weighted by Crippen LogP contribution is 2.31. The lowest BCUT2D eigenvalue weighted by molar-refractivity contribution is 0.112. The Morgan fingerprint density at radius 3 is 2.57 bits per heavy atom. The average molecular weight is 203 g/mol. The summed E-state index contributed by atoms with van der Waals surface area (Å²) < 4.78 is 0. The van der Waals surface area contributed by atoms with Gasteiger partial charge >= 0.3 is 0 Å². The molecule has 0 saturated heterocycles. The van der Waals surface area contributed by atoms with Gasteiger partial charge in [0.2, 0.25) is 0 Å². The van der Waals surface area contributed by atoms with E-state index in [2.05, 4.69) is 0 Å². The summed E-state index contributed by atoms with van der Waals surface area (Å²) >= 11 is 1.45.